The summed E-state index contributed by atoms with van der Waals surface area (Å²) in [7, 11) is 0. The lowest BCUT2D eigenvalue weighted by Crippen LogP contribution is -2.39. The Morgan fingerprint density at radius 1 is 0.905 bits per heavy atom. The van der Waals surface area contributed by atoms with Gasteiger partial charge in [-0.3, -0.25) is 4.79 Å². The molecule has 4 nitrogen and oxygen atoms in total. The van der Waals surface area contributed by atoms with E-state index < -0.39 is 0 Å². The van der Waals surface area contributed by atoms with E-state index >= 15 is 0 Å². The van der Waals surface area contributed by atoms with Crippen molar-refractivity contribution in [2.24, 2.45) is 11.7 Å². The highest BCUT2D eigenvalue weighted by atomic mass is 16.2. The van der Waals surface area contributed by atoms with Crippen molar-refractivity contribution in [1.82, 2.24) is 9.80 Å². The molecule has 1 saturated carbocycles. The number of hydrogen-bond donors (Lipinski definition) is 1. The van der Waals surface area contributed by atoms with Crippen LogP contribution in [0.15, 0.2) is 0 Å². The van der Waals surface area contributed by atoms with Gasteiger partial charge < -0.3 is 15.5 Å². The Kier molecular flexibility index (Phi) is 7.51. The summed E-state index contributed by atoms with van der Waals surface area (Å²) < 4.78 is 0. The van der Waals surface area contributed by atoms with Gasteiger partial charge in [0.05, 0.1) is 0 Å². The maximum absolute atomic E-state index is 12.7. The molecule has 0 spiro atoms. The van der Waals surface area contributed by atoms with Crippen LogP contribution < -0.4 is 5.73 Å². The summed E-state index contributed by atoms with van der Waals surface area (Å²) in [6.45, 7) is 6.01. The molecule has 2 fully saturated rings. The second kappa shape index (κ2) is 9.42. The van der Waals surface area contributed by atoms with Crippen LogP contribution in [0.1, 0.15) is 57.8 Å². The number of carbonyl (C=O) groups is 1. The number of unbranched alkanes of at least 4 members (excludes halogenated alkanes) is 1. The predicted octanol–water partition coefficient (Wildman–Crippen LogP) is 2.23. The molecule has 0 aromatic carbocycles. The summed E-state index contributed by atoms with van der Waals surface area (Å²) >= 11 is 0. The summed E-state index contributed by atoms with van der Waals surface area (Å²) in [5, 5.41) is 0. The van der Waals surface area contributed by atoms with Crippen LogP contribution >= 0.6 is 0 Å². The first-order valence-corrected chi connectivity index (χ1v) is 9.02. The average molecular weight is 295 g/mol. The molecule has 2 aliphatic rings. The van der Waals surface area contributed by atoms with E-state index in [0.717, 1.165) is 65.0 Å². The molecule has 1 saturated heterocycles. The molecule has 1 heterocycles. The van der Waals surface area contributed by atoms with Crippen LogP contribution in [0.4, 0.5) is 0 Å². The van der Waals surface area contributed by atoms with Gasteiger partial charge in [-0.2, -0.15) is 0 Å². The third-order valence-electron chi connectivity index (χ3n) is 5.03. The van der Waals surface area contributed by atoms with Crippen molar-refractivity contribution in [3.8, 4) is 0 Å². The maximum Gasteiger partial charge on any atom is 0.225 e. The lowest BCUT2D eigenvalue weighted by molar-refractivity contribution is -0.135. The molecule has 0 aromatic heterocycles. The molecular weight excluding hydrogens is 262 g/mol. The van der Waals surface area contributed by atoms with Gasteiger partial charge in [0.15, 0.2) is 0 Å². The van der Waals surface area contributed by atoms with Gasteiger partial charge in [-0.25, -0.2) is 0 Å². The lowest BCUT2D eigenvalue weighted by atomic mass is 9.98. The van der Waals surface area contributed by atoms with E-state index in [1.54, 1.807) is 0 Å². The van der Waals surface area contributed by atoms with Crippen LogP contribution in [0.5, 0.6) is 0 Å². The van der Waals surface area contributed by atoms with Crippen LogP contribution in [0.3, 0.4) is 0 Å². The molecule has 1 aliphatic heterocycles. The summed E-state index contributed by atoms with van der Waals surface area (Å²) in [6.07, 6.45) is 10.8. The van der Waals surface area contributed by atoms with Gasteiger partial charge in [-0.15, -0.1) is 0 Å². The SMILES string of the molecule is NCCCCN1CCCN(C(=O)C2CCCCCC2)CC1. The van der Waals surface area contributed by atoms with E-state index in [0.29, 0.717) is 11.8 Å². The number of nitrogens with zero attached hydrogens (tertiary/aromatic N) is 2. The van der Waals surface area contributed by atoms with Crippen molar-refractivity contribution in [3.05, 3.63) is 0 Å². The molecule has 122 valence electrons. The van der Waals surface area contributed by atoms with Crippen molar-refractivity contribution in [1.29, 1.82) is 0 Å². The van der Waals surface area contributed by atoms with Crippen LogP contribution in [0.25, 0.3) is 0 Å². The average Bonchev–Trinajstić information content (AvgIpc) is 2.90. The standard InChI is InChI=1S/C17H33N3O/c18-10-5-6-11-19-12-7-13-20(15-14-19)17(21)16-8-3-1-2-4-9-16/h16H,1-15,18H2. The van der Waals surface area contributed by atoms with Crippen LogP contribution in [-0.2, 0) is 4.79 Å². The number of amides is 1. The predicted molar refractivity (Wildman–Crippen MR) is 87.1 cm³/mol. The lowest BCUT2D eigenvalue weighted by Gasteiger charge is -2.26. The summed E-state index contributed by atoms with van der Waals surface area (Å²) in [5.74, 6) is 0.761. The highest BCUT2D eigenvalue weighted by Gasteiger charge is 2.26. The van der Waals surface area contributed by atoms with Gasteiger partial charge in [0.2, 0.25) is 5.91 Å². The van der Waals surface area contributed by atoms with Gasteiger partial charge in [-0.05, 0) is 51.7 Å². The van der Waals surface area contributed by atoms with Gasteiger partial charge >= 0.3 is 0 Å². The van der Waals surface area contributed by atoms with E-state index in [4.69, 9.17) is 5.73 Å². The molecule has 0 unspecified atom stereocenters. The largest absolute Gasteiger partial charge is 0.341 e. The topological polar surface area (TPSA) is 49.6 Å². The minimum absolute atomic E-state index is 0.316. The summed E-state index contributed by atoms with van der Waals surface area (Å²) in [5.41, 5.74) is 5.56. The molecular formula is C17H33N3O. The fraction of sp³-hybridized carbons (Fsp3) is 0.941. The van der Waals surface area contributed by atoms with E-state index in [1.807, 2.05) is 0 Å². The zero-order valence-electron chi connectivity index (χ0n) is 13.6. The Morgan fingerprint density at radius 3 is 2.38 bits per heavy atom. The van der Waals surface area contributed by atoms with Crippen LogP contribution in [0, 0.1) is 5.92 Å². The number of rotatable bonds is 5. The van der Waals surface area contributed by atoms with Gasteiger partial charge in [0, 0.05) is 25.6 Å². The molecule has 2 rings (SSSR count). The van der Waals surface area contributed by atoms with Crippen molar-refractivity contribution in [2.45, 2.75) is 57.8 Å². The molecule has 21 heavy (non-hydrogen) atoms. The van der Waals surface area contributed by atoms with Crippen LogP contribution in [0.2, 0.25) is 0 Å². The first kappa shape index (κ1) is 16.8. The van der Waals surface area contributed by atoms with Crippen molar-refractivity contribution >= 4 is 5.91 Å². The second-order valence-electron chi connectivity index (χ2n) is 6.70. The summed E-state index contributed by atoms with van der Waals surface area (Å²) in [6, 6.07) is 0. The van der Waals surface area contributed by atoms with Gasteiger partial charge in [-0.1, -0.05) is 25.7 Å². The molecule has 0 bridgehead atoms. The van der Waals surface area contributed by atoms with Crippen molar-refractivity contribution in [2.75, 3.05) is 39.3 Å². The highest BCUT2D eigenvalue weighted by Crippen LogP contribution is 2.25. The Labute approximate surface area is 130 Å². The minimum atomic E-state index is 0.316. The zero-order valence-corrected chi connectivity index (χ0v) is 13.6. The second-order valence-corrected chi connectivity index (χ2v) is 6.70. The molecule has 0 atom stereocenters. The number of nitrogens with two attached hydrogens (primary N) is 1. The normalized spacial score (nSPS) is 22.8. The monoisotopic (exact) mass is 295 g/mol. The molecule has 2 N–H and O–H groups in total. The Morgan fingerprint density at radius 2 is 1.67 bits per heavy atom. The summed E-state index contributed by atoms with van der Waals surface area (Å²) in [4.78, 5) is 17.4. The molecule has 4 heteroatoms. The zero-order chi connectivity index (χ0) is 14.9. The van der Waals surface area contributed by atoms with Crippen molar-refractivity contribution < 1.29 is 4.79 Å². The molecule has 0 radical (unpaired) electrons. The van der Waals surface area contributed by atoms with E-state index in [1.165, 1.54) is 32.1 Å². The van der Waals surface area contributed by atoms with E-state index in [2.05, 4.69) is 9.80 Å². The fourth-order valence-corrected chi connectivity index (χ4v) is 3.68. The Hall–Kier alpha value is -0.610. The first-order chi connectivity index (χ1) is 10.3. The smallest absolute Gasteiger partial charge is 0.225 e. The molecule has 0 aromatic rings. The van der Waals surface area contributed by atoms with Crippen LogP contribution in [-0.4, -0.2) is 55.0 Å². The van der Waals surface area contributed by atoms with E-state index in [-0.39, 0.29) is 0 Å². The number of hydrogen-bond acceptors (Lipinski definition) is 3. The Bertz CT molecular complexity index is 300. The maximum atomic E-state index is 12.7. The first-order valence-electron chi connectivity index (χ1n) is 9.02. The number of carbonyl (C=O) groups excluding carboxylic acids is 1. The third kappa shape index (κ3) is 5.59. The third-order valence-corrected chi connectivity index (χ3v) is 5.03. The van der Waals surface area contributed by atoms with Crippen molar-refractivity contribution in [3.63, 3.8) is 0 Å². The Balaban J connectivity index is 1.77. The minimum Gasteiger partial charge on any atom is -0.341 e. The molecule has 1 amide bonds. The molecule has 1 aliphatic carbocycles. The quantitative estimate of drug-likeness (QED) is 0.625. The van der Waals surface area contributed by atoms with E-state index in [9.17, 15) is 4.79 Å². The highest BCUT2D eigenvalue weighted by molar-refractivity contribution is 5.78. The fourth-order valence-electron chi connectivity index (χ4n) is 3.68. The van der Waals surface area contributed by atoms with Gasteiger partial charge in [0.25, 0.3) is 0 Å². The van der Waals surface area contributed by atoms with Gasteiger partial charge in [0.1, 0.15) is 0 Å².